The van der Waals surface area contributed by atoms with Crippen molar-refractivity contribution >= 4 is 23.8 Å². The van der Waals surface area contributed by atoms with Gasteiger partial charge in [-0.3, -0.25) is 9.59 Å². The normalized spacial score (nSPS) is 15.5. The Morgan fingerprint density at radius 2 is 2.08 bits per heavy atom. The number of H-pyrrole nitrogens is 1. The highest BCUT2D eigenvalue weighted by atomic mass is 16.5. The number of likely N-dealkylation sites (N-methyl/N-ethyl adjacent to an activating group) is 1. The van der Waals surface area contributed by atoms with E-state index in [1.54, 1.807) is 6.08 Å². The van der Waals surface area contributed by atoms with E-state index in [1.165, 1.54) is 0 Å². The topological polar surface area (TPSA) is 98.8 Å². The second-order valence-electron chi connectivity index (χ2n) is 6.07. The van der Waals surface area contributed by atoms with E-state index < -0.39 is 0 Å². The molecule has 1 aromatic rings. The number of ether oxygens (including phenoxy) is 1. The third-order valence-electron chi connectivity index (χ3n) is 3.85. The van der Waals surface area contributed by atoms with E-state index in [2.05, 4.69) is 20.8 Å². The molecule has 0 unspecified atom stereocenters. The molecular weight excluding hydrogens is 322 g/mol. The lowest BCUT2D eigenvalue weighted by Crippen LogP contribution is -2.31. The van der Waals surface area contributed by atoms with Crippen LogP contribution >= 0.6 is 0 Å². The first-order valence-electron chi connectivity index (χ1n) is 8.20. The van der Waals surface area contributed by atoms with Gasteiger partial charge in [0.1, 0.15) is 5.57 Å². The number of carbonyl (C=O) groups excluding carboxylic acids is 2. The molecule has 2 rings (SSSR count). The monoisotopic (exact) mass is 347 g/mol. The average molecular weight is 347 g/mol. The number of amides is 2. The molecule has 0 aliphatic carbocycles. The molecular formula is C17H25N5O3. The van der Waals surface area contributed by atoms with Crippen molar-refractivity contribution in [2.45, 2.75) is 20.8 Å². The lowest BCUT2D eigenvalue weighted by atomic mass is 10.1. The van der Waals surface area contributed by atoms with Gasteiger partial charge < -0.3 is 19.9 Å². The molecule has 2 heterocycles. The number of aromatic amines is 1. The Bertz CT molecular complexity index is 731. The second kappa shape index (κ2) is 7.98. The molecule has 0 radical (unpaired) electrons. The third kappa shape index (κ3) is 4.27. The van der Waals surface area contributed by atoms with E-state index in [4.69, 9.17) is 4.74 Å². The molecule has 2 amide bonds. The Kier molecular flexibility index (Phi) is 5.97. The molecule has 8 heteroatoms. The molecule has 3 N–H and O–H groups in total. The smallest absolute Gasteiger partial charge is 0.277 e. The van der Waals surface area contributed by atoms with Gasteiger partial charge in [-0.1, -0.05) is 0 Å². The van der Waals surface area contributed by atoms with Gasteiger partial charge in [0.15, 0.2) is 0 Å². The minimum atomic E-state index is -0.327. The number of carbonyl (C=O) groups is 2. The van der Waals surface area contributed by atoms with Crippen molar-refractivity contribution in [1.29, 1.82) is 0 Å². The molecule has 1 aliphatic rings. The van der Waals surface area contributed by atoms with Crippen LogP contribution in [0.1, 0.15) is 34.2 Å². The first kappa shape index (κ1) is 18.7. The van der Waals surface area contributed by atoms with Crippen LogP contribution in [0.15, 0.2) is 10.7 Å². The fraction of sp³-hybridized carbons (Fsp3) is 0.471. The average Bonchev–Trinajstić information content (AvgIpc) is 3.01. The van der Waals surface area contributed by atoms with Crippen molar-refractivity contribution in [1.82, 2.24) is 20.6 Å². The number of rotatable bonds is 6. The van der Waals surface area contributed by atoms with Gasteiger partial charge in [0.25, 0.3) is 11.8 Å². The minimum absolute atomic E-state index is 0.132. The molecule has 0 aromatic carbocycles. The highest BCUT2D eigenvalue weighted by molar-refractivity contribution is 6.24. The maximum absolute atomic E-state index is 12.5. The van der Waals surface area contributed by atoms with Crippen LogP contribution in [0.4, 0.5) is 0 Å². The van der Waals surface area contributed by atoms with Crippen molar-refractivity contribution < 1.29 is 14.3 Å². The van der Waals surface area contributed by atoms with Crippen LogP contribution in [0, 0.1) is 13.8 Å². The zero-order chi connectivity index (χ0) is 18.6. The molecule has 1 aliphatic heterocycles. The molecule has 0 fully saturated rings. The summed E-state index contributed by atoms with van der Waals surface area (Å²) in [5, 5.41) is 6.77. The number of hydrogen-bond donors (Lipinski definition) is 3. The molecule has 8 nitrogen and oxygen atoms in total. The molecule has 0 atom stereocenters. The summed E-state index contributed by atoms with van der Waals surface area (Å²) in [5.41, 5.74) is 5.54. The van der Waals surface area contributed by atoms with Gasteiger partial charge in [-0.25, -0.2) is 5.43 Å². The van der Waals surface area contributed by atoms with Gasteiger partial charge in [0.2, 0.25) is 5.90 Å². The molecule has 0 spiro atoms. The van der Waals surface area contributed by atoms with E-state index in [1.807, 2.05) is 39.8 Å². The van der Waals surface area contributed by atoms with E-state index >= 15 is 0 Å². The van der Waals surface area contributed by atoms with Crippen molar-refractivity contribution in [3.63, 3.8) is 0 Å². The Morgan fingerprint density at radius 1 is 1.36 bits per heavy atom. The highest BCUT2D eigenvalue weighted by Crippen LogP contribution is 2.21. The Balaban J connectivity index is 2.24. The second-order valence-corrected chi connectivity index (χ2v) is 6.07. The van der Waals surface area contributed by atoms with Crippen molar-refractivity contribution in [3.8, 4) is 0 Å². The standard InChI is InChI=1S/C17H25N5O3/c1-6-25-17-12(15(23)20-21-17)9-13-10(2)14(11(3)19-13)16(24)18-7-8-22(4)5/h9,19H,6-8H2,1-5H3,(H,18,24)(H,20,23). The van der Waals surface area contributed by atoms with Crippen LogP contribution in [-0.4, -0.2) is 61.4 Å². The first-order valence-corrected chi connectivity index (χ1v) is 8.20. The summed E-state index contributed by atoms with van der Waals surface area (Å²) < 4.78 is 5.36. The van der Waals surface area contributed by atoms with Crippen LogP contribution in [0.2, 0.25) is 0 Å². The Labute approximate surface area is 147 Å². The predicted molar refractivity (Wildman–Crippen MR) is 96.3 cm³/mol. The first-order chi connectivity index (χ1) is 11.8. The van der Waals surface area contributed by atoms with Crippen LogP contribution in [0.3, 0.4) is 0 Å². The number of nitrogens with zero attached hydrogens (tertiary/aromatic N) is 2. The molecule has 0 saturated carbocycles. The van der Waals surface area contributed by atoms with E-state index in [9.17, 15) is 9.59 Å². The van der Waals surface area contributed by atoms with Gasteiger partial charge in [-0.15, -0.1) is 5.10 Å². The summed E-state index contributed by atoms with van der Waals surface area (Å²) in [7, 11) is 3.90. The van der Waals surface area contributed by atoms with Crippen LogP contribution in [-0.2, 0) is 9.53 Å². The number of aryl methyl sites for hydroxylation is 1. The van der Waals surface area contributed by atoms with Gasteiger partial charge in [0.05, 0.1) is 12.2 Å². The summed E-state index contributed by atoms with van der Waals surface area (Å²) in [5.74, 6) is -0.199. The van der Waals surface area contributed by atoms with Gasteiger partial charge >= 0.3 is 0 Å². The van der Waals surface area contributed by atoms with Crippen LogP contribution in [0.25, 0.3) is 6.08 Å². The predicted octanol–water partition coefficient (Wildman–Crippen LogP) is 0.786. The van der Waals surface area contributed by atoms with Crippen molar-refractivity contribution in [3.05, 3.63) is 28.1 Å². The quantitative estimate of drug-likeness (QED) is 0.663. The summed E-state index contributed by atoms with van der Waals surface area (Å²) in [6, 6.07) is 0. The molecule has 136 valence electrons. The Morgan fingerprint density at radius 3 is 2.72 bits per heavy atom. The SMILES string of the molecule is CCOC1=NNC(=O)C1=Cc1[nH]c(C)c(C(=O)NCCN(C)C)c1C. The largest absolute Gasteiger partial charge is 0.476 e. The minimum Gasteiger partial charge on any atom is -0.476 e. The van der Waals surface area contributed by atoms with E-state index in [0.29, 0.717) is 30.0 Å². The van der Waals surface area contributed by atoms with Crippen LogP contribution in [0.5, 0.6) is 0 Å². The number of hydrogen-bond acceptors (Lipinski definition) is 5. The van der Waals surface area contributed by atoms with E-state index in [0.717, 1.165) is 17.8 Å². The Hall–Kier alpha value is -2.61. The van der Waals surface area contributed by atoms with Crippen molar-refractivity contribution in [2.24, 2.45) is 5.10 Å². The summed E-state index contributed by atoms with van der Waals surface area (Å²) >= 11 is 0. The fourth-order valence-electron chi connectivity index (χ4n) is 2.58. The zero-order valence-corrected chi connectivity index (χ0v) is 15.3. The van der Waals surface area contributed by atoms with E-state index in [-0.39, 0.29) is 17.7 Å². The maximum atomic E-state index is 12.5. The molecule has 0 bridgehead atoms. The lowest BCUT2D eigenvalue weighted by molar-refractivity contribution is -0.116. The van der Waals surface area contributed by atoms with Gasteiger partial charge in [-0.05, 0) is 46.5 Å². The van der Waals surface area contributed by atoms with Crippen molar-refractivity contribution in [2.75, 3.05) is 33.8 Å². The third-order valence-corrected chi connectivity index (χ3v) is 3.85. The summed E-state index contributed by atoms with van der Waals surface area (Å²) in [4.78, 5) is 29.6. The van der Waals surface area contributed by atoms with Crippen LogP contribution < -0.4 is 10.7 Å². The van der Waals surface area contributed by atoms with Gasteiger partial charge in [0, 0.05) is 24.5 Å². The highest BCUT2D eigenvalue weighted by Gasteiger charge is 2.25. The number of hydrazone groups is 1. The zero-order valence-electron chi connectivity index (χ0n) is 15.3. The summed E-state index contributed by atoms with van der Waals surface area (Å²) in [6.45, 7) is 7.25. The lowest BCUT2D eigenvalue weighted by Gasteiger charge is -2.10. The summed E-state index contributed by atoms with van der Waals surface area (Å²) in [6.07, 6.45) is 1.66. The number of nitrogens with one attached hydrogen (secondary N) is 3. The molecule has 25 heavy (non-hydrogen) atoms. The maximum Gasteiger partial charge on any atom is 0.277 e. The van der Waals surface area contributed by atoms with Gasteiger partial charge in [-0.2, -0.15) is 0 Å². The molecule has 1 aromatic heterocycles. The fourth-order valence-corrected chi connectivity index (χ4v) is 2.58. The molecule has 0 saturated heterocycles. The number of aromatic nitrogens is 1.